The third-order valence-electron chi connectivity index (χ3n) is 7.08. The number of aromatic nitrogens is 1. The number of esters is 4. The van der Waals surface area contributed by atoms with Crippen LogP contribution in [0, 0.1) is 0 Å². The highest BCUT2D eigenvalue weighted by atomic mass is 32.1. The van der Waals surface area contributed by atoms with Crippen LogP contribution in [-0.4, -0.2) is 46.8 Å². The number of fused-ring (bicyclic) bond motifs is 1. The van der Waals surface area contributed by atoms with E-state index in [0.717, 1.165) is 34.0 Å². The van der Waals surface area contributed by atoms with Crippen LogP contribution in [-0.2, 0) is 25.5 Å². The fourth-order valence-electron chi connectivity index (χ4n) is 4.53. The Morgan fingerprint density at radius 1 is 0.811 bits per heavy atom. The molecule has 0 spiro atoms. The monoisotopic (exact) mass is 733 g/mol. The van der Waals surface area contributed by atoms with Crippen molar-refractivity contribution in [1.29, 1.82) is 0 Å². The Morgan fingerprint density at radius 3 is 2.21 bits per heavy atom. The van der Waals surface area contributed by atoms with Crippen LogP contribution >= 0.6 is 11.3 Å². The largest absolute Gasteiger partial charge is 0.462 e. The number of ether oxygens (including phenoxy) is 5. The highest BCUT2D eigenvalue weighted by Gasteiger charge is 2.17. The number of carbonyl (C=O) groups excluding carboxylic acids is 4. The van der Waals surface area contributed by atoms with E-state index in [1.807, 2.05) is 24.3 Å². The van der Waals surface area contributed by atoms with Gasteiger partial charge in [-0.3, -0.25) is 5.43 Å². The number of thiazole rings is 1. The van der Waals surface area contributed by atoms with Crippen molar-refractivity contribution >= 4 is 56.8 Å². The van der Waals surface area contributed by atoms with E-state index in [0.29, 0.717) is 16.3 Å². The Bertz CT molecular complexity index is 2180. The van der Waals surface area contributed by atoms with E-state index in [1.165, 1.54) is 47.9 Å². The zero-order valence-electron chi connectivity index (χ0n) is 27.9. The zero-order chi connectivity index (χ0) is 37.7. The third kappa shape index (κ3) is 10.3. The van der Waals surface area contributed by atoms with E-state index < -0.39 is 30.2 Å². The summed E-state index contributed by atoms with van der Waals surface area (Å²) < 4.78 is 27.7. The number of anilines is 1. The molecule has 1 aromatic heterocycles. The van der Waals surface area contributed by atoms with Crippen LogP contribution in [0.15, 0.2) is 128 Å². The first kappa shape index (κ1) is 37.4. The number of aliphatic hydroxyl groups is 1. The summed E-state index contributed by atoms with van der Waals surface area (Å²) in [6, 6.07) is 22.8. The number of aliphatic hydroxyl groups excluding tert-OH is 1. The Hall–Kier alpha value is -6.90. The lowest BCUT2D eigenvalue weighted by Gasteiger charge is -2.17. The van der Waals surface area contributed by atoms with Crippen molar-refractivity contribution in [3.63, 3.8) is 0 Å². The van der Waals surface area contributed by atoms with E-state index in [9.17, 15) is 24.3 Å². The lowest BCUT2D eigenvalue weighted by Crippen LogP contribution is -2.12. The van der Waals surface area contributed by atoms with Gasteiger partial charge < -0.3 is 28.8 Å². The van der Waals surface area contributed by atoms with Crippen molar-refractivity contribution in [2.75, 3.05) is 12.0 Å². The maximum atomic E-state index is 12.9. The highest BCUT2D eigenvalue weighted by molar-refractivity contribution is 7.22. The molecule has 1 heterocycles. The van der Waals surface area contributed by atoms with Gasteiger partial charge in [0.05, 0.1) is 28.6 Å². The minimum Gasteiger partial charge on any atom is -0.462 e. The molecule has 14 heteroatoms. The number of nitrogens with one attached hydrogen (secondary N) is 1. The van der Waals surface area contributed by atoms with Gasteiger partial charge in [0.2, 0.25) is 11.4 Å². The van der Waals surface area contributed by atoms with Crippen LogP contribution in [0.25, 0.3) is 10.2 Å². The fourth-order valence-corrected chi connectivity index (χ4v) is 5.34. The second-order valence-corrected chi connectivity index (χ2v) is 11.7. The summed E-state index contributed by atoms with van der Waals surface area (Å²) in [6.45, 7) is 10.00. The summed E-state index contributed by atoms with van der Waals surface area (Å²) in [6.07, 6.45) is 3.29. The molecular weight excluding hydrogens is 703 g/mol. The predicted octanol–water partition coefficient (Wildman–Crippen LogP) is 6.49. The Kier molecular flexibility index (Phi) is 12.6. The number of benzene rings is 4. The number of carbonyl (C=O) groups is 4. The Labute approximate surface area is 307 Å². The Balaban J connectivity index is 1.30. The minimum absolute atomic E-state index is 0.0358. The number of nitrogens with zero attached hydrogens (tertiary/aromatic N) is 2. The van der Waals surface area contributed by atoms with Crippen LogP contribution < -0.4 is 24.4 Å². The number of hydrogen-bond donors (Lipinski definition) is 2. The molecule has 2 N–H and O–H groups in total. The summed E-state index contributed by atoms with van der Waals surface area (Å²) >= 11 is 1.43. The third-order valence-corrected chi connectivity index (χ3v) is 8.02. The number of hydrogen-bond acceptors (Lipinski definition) is 14. The van der Waals surface area contributed by atoms with Gasteiger partial charge in [-0.25, -0.2) is 24.2 Å². The first-order chi connectivity index (χ1) is 25.6. The molecule has 0 aliphatic carbocycles. The van der Waals surface area contributed by atoms with Gasteiger partial charge in [0, 0.05) is 35.8 Å². The standard InChI is InChI=1S/C39H31N3O10S/c1-4-34(43)49-28-15-12-25(13-16-28)38(47)52-30-17-11-24(21-27(30)23-40-42-39-41-29-9-7-8-10-33(29)53-39)19-20-48-37(46)26-14-18-31(50-35(44)5-2)32(22-26)51-36(45)6-3/h4-18,21-23,38,47H,1-3,19-20H2,(H,41,42)/b40-23+. The van der Waals surface area contributed by atoms with E-state index in [4.69, 9.17) is 23.7 Å². The van der Waals surface area contributed by atoms with E-state index in [2.05, 4.69) is 35.2 Å². The summed E-state index contributed by atoms with van der Waals surface area (Å²) in [4.78, 5) is 52.5. The van der Waals surface area contributed by atoms with Gasteiger partial charge in [-0.15, -0.1) is 0 Å². The summed E-state index contributed by atoms with van der Waals surface area (Å²) in [5.74, 6) is -2.69. The maximum absolute atomic E-state index is 12.9. The zero-order valence-corrected chi connectivity index (χ0v) is 28.7. The van der Waals surface area contributed by atoms with Gasteiger partial charge in [-0.1, -0.05) is 49.3 Å². The van der Waals surface area contributed by atoms with E-state index in [1.54, 1.807) is 30.3 Å². The smallest absolute Gasteiger partial charge is 0.338 e. The van der Waals surface area contributed by atoms with Crippen LogP contribution in [0.1, 0.15) is 33.3 Å². The van der Waals surface area contributed by atoms with Crippen LogP contribution in [0.2, 0.25) is 0 Å². The van der Waals surface area contributed by atoms with Gasteiger partial charge >= 0.3 is 23.9 Å². The second kappa shape index (κ2) is 17.8. The van der Waals surface area contributed by atoms with Crippen LogP contribution in [0.5, 0.6) is 23.0 Å². The molecule has 5 rings (SSSR count). The quantitative estimate of drug-likeness (QED) is 0.0283. The molecule has 268 valence electrons. The molecule has 0 aliphatic rings. The molecule has 0 amide bonds. The molecule has 4 aromatic carbocycles. The minimum atomic E-state index is -1.39. The number of rotatable bonds is 16. The summed E-state index contributed by atoms with van der Waals surface area (Å²) in [5, 5.41) is 15.8. The van der Waals surface area contributed by atoms with Crippen LogP contribution in [0.4, 0.5) is 5.13 Å². The van der Waals surface area contributed by atoms with Crippen molar-refractivity contribution in [3.8, 4) is 23.0 Å². The van der Waals surface area contributed by atoms with Gasteiger partial charge in [0.25, 0.3) is 0 Å². The molecule has 0 radical (unpaired) electrons. The lowest BCUT2D eigenvalue weighted by atomic mass is 10.1. The van der Waals surface area contributed by atoms with Crippen molar-refractivity contribution in [3.05, 3.63) is 145 Å². The molecule has 0 saturated carbocycles. The molecule has 13 nitrogen and oxygen atoms in total. The van der Waals surface area contributed by atoms with Gasteiger partial charge in [0.1, 0.15) is 11.5 Å². The van der Waals surface area contributed by atoms with Crippen molar-refractivity contribution < 1.29 is 48.0 Å². The average molecular weight is 734 g/mol. The number of hydrazone groups is 1. The summed E-state index contributed by atoms with van der Waals surface area (Å²) in [7, 11) is 0. The molecule has 1 atom stereocenters. The molecule has 5 aromatic rings. The second-order valence-electron chi connectivity index (χ2n) is 10.7. The van der Waals surface area contributed by atoms with Gasteiger partial charge in [-0.05, 0) is 72.3 Å². The molecule has 0 aliphatic heterocycles. The molecule has 53 heavy (non-hydrogen) atoms. The van der Waals surface area contributed by atoms with E-state index >= 15 is 0 Å². The molecule has 0 saturated heterocycles. The van der Waals surface area contributed by atoms with Crippen molar-refractivity contribution in [2.45, 2.75) is 12.7 Å². The highest BCUT2D eigenvalue weighted by Crippen LogP contribution is 2.30. The molecule has 0 fully saturated rings. The SMILES string of the molecule is C=CC(=O)Oc1ccc(C(O)Oc2ccc(CCOC(=O)c3ccc(OC(=O)C=C)c(OC(=O)C=C)c3)cc2/C=N/Nc2nc3ccccc3s2)cc1. The normalized spacial score (nSPS) is 11.3. The number of para-hydroxylation sites is 1. The molecule has 1 unspecified atom stereocenters. The molecule has 0 bridgehead atoms. The summed E-state index contributed by atoms with van der Waals surface area (Å²) in [5.41, 5.74) is 5.40. The first-order valence-electron chi connectivity index (χ1n) is 15.7. The molecular formula is C39H31N3O10S. The van der Waals surface area contributed by atoms with Crippen LogP contribution in [0.3, 0.4) is 0 Å². The maximum Gasteiger partial charge on any atom is 0.338 e. The van der Waals surface area contributed by atoms with Gasteiger partial charge in [0.15, 0.2) is 11.5 Å². The first-order valence-corrected chi connectivity index (χ1v) is 16.5. The van der Waals surface area contributed by atoms with Gasteiger partial charge in [-0.2, -0.15) is 5.10 Å². The fraction of sp³-hybridized carbons (Fsp3) is 0.0769. The van der Waals surface area contributed by atoms with E-state index in [-0.39, 0.29) is 41.6 Å². The topological polar surface area (TPSA) is 172 Å². The average Bonchev–Trinajstić information content (AvgIpc) is 3.59. The van der Waals surface area contributed by atoms with Crippen molar-refractivity contribution in [1.82, 2.24) is 4.98 Å². The predicted molar refractivity (Wildman–Crippen MR) is 197 cm³/mol. The Morgan fingerprint density at radius 2 is 1.49 bits per heavy atom. The lowest BCUT2D eigenvalue weighted by molar-refractivity contribution is -0.131. The van der Waals surface area contributed by atoms with Crippen molar-refractivity contribution in [2.24, 2.45) is 5.10 Å².